The molecule has 0 spiro atoms. The average molecular weight is 483 g/mol. The second-order valence-corrected chi connectivity index (χ2v) is 9.89. The van der Waals surface area contributed by atoms with Gasteiger partial charge >= 0.3 is 5.63 Å². The van der Waals surface area contributed by atoms with Gasteiger partial charge in [0.1, 0.15) is 5.58 Å². The van der Waals surface area contributed by atoms with E-state index in [1.807, 2.05) is 42.5 Å². The van der Waals surface area contributed by atoms with Gasteiger partial charge in [-0.25, -0.2) is 4.79 Å². The zero-order valence-electron chi connectivity index (χ0n) is 19.4. The minimum absolute atomic E-state index is 0.335. The summed E-state index contributed by atoms with van der Waals surface area (Å²) < 4.78 is 7.70. The van der Waals surface area contributed by atoms with Gasteiger partial charge in [0.25, 0.3) is 0 Å². The zero-order chi connectivity index (χ0) is 23.6. The van der Waals surface area contributed by atoms with E-state index in [2.05, 4.69) is 43.9 Å². The molecule has 0 N–H and O–H groups in total. The van der Waals surface area contributed by atoms with Crippen LogP contribution in [0.25, 0.3) is 27.4 Å². The highest BCUT2D eigenvalue weighted by atomic mass is 32.2. The van der Waals surface area contributed by atoms with Crippen LogP contribution in [0.2, 0.25) is 0 Å². The van der Waals surface area contributed by atoms with E-state index in [0.717, 1.165) is 58.0 Å². The number of aromatic nitrogens is 3. The fourth-order valence-corrected chi connectivity index (χ4v) is 5.88. The first-order chi connectivity index (χ1) is 17.3. The van der Waals surface area contributed by atoms with Gasteiger partial charge in [0.05, 0.1) is 6.54 Å². The zero-order valence-corrected chi connectivity index (χ0v) is 20.2. The predicted octanol–water partition coefficient (Wildman–Crippen LogP) is 5.81. The van der Waals surface area contributed by atoms with Crippen LogP contribution in [0.4, 0.5) is 0 Å². The van der Waals surface area contributed by atoms with E-state index in [-0.39, 0.29) is 5.63 Å². The fourth-order valence-electron chi connectivity index (χ4n) is 4.93. The van der Waals surface area contributed by atoms with Gasteiger partial charge in [-0.05, 0) is 60.5 Å². The maximum atomic E-state index is 12.4. The SMILES string of the molecule is O=c1cc(CSc2nnc(CN3CCCCC3)n2-c2ccccc2)c2c(ccc3ccccc32)o1. The molecule has 2 aromatic heterocycles. The van der Waals surface area contributed by atoms with Crippen LogP contribution in [0.5, 0.6) is 0 Å². The second-order valence-electron chi connectivity index (χ2n) is 8.95. The van der Waals surface area contributed by atoms with Crippen molar-refractivity contribution in [1.29, 1.82) is 0 Å². The second kappa shape index (κ2) is 9.68. The van der Waals surface area contributed by atoms with Gasteiger partial charge in [0, 0.05) is 22.9 Å². The number of fused-ring (bicyclic) bond motifs is 3. The summed E-state index contributed by atoms with van der Waals surface area (Å²) >= 11 is 1.60. The minimum Gasteiger partial charge on any atom is -0.423 e. The highest BCUT2D eigenvalue weighted by molar-refractivity contribution is 7.98. The van der Waals surface area contributed by atoms with Crippen molar-refractivity contribution in [3.8, 4) is 5.69 Å². The molecule has 176 valence electrons. The van der Waals surface area contributed by atoms with Crippen molar-refractivity contribution in [2.75, 3.05) is 13.1 Å². The van der Waals surface area contributed by atoms with Gasteiger partial charge in [0.15, 0.2) is 11.0 Å². The number of nitrogens with zero attached hydrogens (tertiary/aromatic N) is 4. The van der Waals surface area contributed by atoms with Crippen LogP contribution in [0, 0.1) is 0 Å². The Morgan fingerprint density at radius 1 is 0.886 bits per heavy atom. The van der Waals surface area contributed by atoms with Crippen molar-refractivity contribution in [3.05, 3.63) is 94.6 Å². The number of benzene rings is 3. The number of para-hydroxylation sites is 1. The molecule has 1 aliphatic heterocycles. The number of likely N-dealkylation sites (tertiary alicyclic amines) is 1. The molecule has 0 bridgehead atoms. The maximum absolute atomic E-state index is 12.4. The lowest BCUT2D eigenvalue weighted by Crippen LogP contribution is -2.30. The molecule has 6 rings (SSSR count). The van der Waals surface area contributed by atoms with E-state index < -0.39 is 0 Å². The van der Waals surface area contributed by atoms with Crippen molar-refractivity contribution in [2.45, 2.75) is 36.7 Å². The largest absolute Gasteiger partial charge is 0.423 e. The van der Waals surface area contributed by atoms with Crippen LogP contribution in [0.15, 0.2) is 87.2 Å². The molecule has 0 saturated carbocycles. The van der Waals surface area contributed by atoms with Crippen LogP contribution in [0.3, 0.4) is 0 Å². The van der Waals surface area contributed by atoms with Crippen LogP contribution >= 0.6 is 11.8 Å². The number of piperidine rings is 1. The lowest BCUT2D eigenvalue weighted by atomic mass is 10.0. The molecule has 0 atom stereocenters. The van der Waals surface area contributed by atoms with Gasteiger partial charge < -0.3 is 4.42 Å². The molecule has 5 aromatic rings. The third kappa shape index (κ3) is 4.49. The summed E-state index contributed by atoms with van der Waals surface area (Å²) in [5.41, 5.74) is 2.27. The van der Waals surface area contributed by atoms with E-state index in [4.69, 9.17) is 4.42 Å². The Balaban J connectivity index is 1.38. The highest BCUT2D eigenvalue weighted by Gasteiger charge is 2.19. The van der Waals surface area contributed by atoms with Gasteiger partial charge in [0.2, 0.25) is 0 Å². The molecule has 0 unspecified atom stereocenters. The monoisotopic (exact) mass is 482 g/mol. The summed E-state index contributed by atoms with van der Waals surface area (Å²) in [5, 5.41) is 13.2. The molecule has 1 aliphatic rings. The number of hydrogen-bond donors (Lipinski definition) is 0. The molecule has 3 heterocycles. The van der Waals surface area contributed by atoms with Crippen molar-refractivity contribution in [1.82, 2.24) is 19.7 Å². The van der Waals surface area contributed by atoms with E-state index in [9.17, 15) is 4.79 Å². The molecule has 0 radical (unpaired) electrons. The molecule has 7 heteroatoms. The maximum Gasteiger partial charge on any atom is 0.336 e. The van der Waals surface area contributed by atoms with Crippen molar-refractivity contribution in [3.63, 3.8) is 0 Å². The lowest BCUT2D eigenvalue weighted by molar-refractivity contribution is 0.214. The van der Waals surface area contributed by atoms with Crippen molar-refractivity contribution < 1.29 is 4.42 Å². The average Bonchev–Trinajstić information content (AvgIpc) is 3.30. The van der Waals surface area contributed by atoms with Crippen LogP contribution in [-0.4, -0.2) is 32.8 Å². The third-order valence-corrected chi connectivity index (χ3v) is 7.58. The van der Waals surface area contributed by atoms with Crippen LogP contribution in [-0.2, 0) is 12.3 Å². The van der Waals surface area contributed by atoms with Crippen LogP contribution in [0.1, 0.15) is 30.7 Å². The molecule has 35 heavy (non-hydrogen) atoms. The number of hydrogen-bond acceptors (Lipinski definition) is 6. The molecule has 0 aliphatic carbocycles. The quantitative estimate of drug-likeness (QED) is 0.173. The summed E-state index contributed by atoms with van der Waals surface area (Å²) in [6.07, 6.45) is 3.77. The Kier molecular flexibility index (Phi) is 6.10. The summed E-state index contributed by atoms with van der Waals surface area (Å²) in [6.45, 7) is 2.98. The van der Waals surface area contributed by atoms with Gasteiger partial charge in [-0.3, -0.25) is 9.47 Å². The van der Waals surface area contributed by atoms with Crippen molar-refractivity contribution >= 4 is 33.5 Å². The van der Waals surface area contributed by atoms with E-state index >= 15 is 0 Å². The molecule has 3 aromatic carbocycles. The molecule has 0 amide bonds. The first-order valence-corrected chi connectivity index (χ1v) is 13.0. The normalized spacial score (nSPS) is 14.6. The predicted molar refractivity (Wildman–Crippen MR) is 140 cm³/mol. The van der Waals surface area contributed by atoms with E-state index in [1.54, 1.807) is 17.8 Å². The summed E-state index contributed by atoms with van der Waals surface area (Å²) in [5.74, 6) is 1.54. The highest BCUT2D eigenvalue weighted by Crippen LogP contribution is 2.32. The lowest BCUT2D eigenvalue weighted by Gasteiger charge is -2.26. The third-order valence-electron chi connectivity index (χ3n) is 6.60. The molecule has 1 fully saturated rings. The molecular weight excluding hydrogens is 456 g/mol. The Labute approximate surface area is 207 Å². The van der Waals surface area contributed by atoms with E-state index in [0.29, 0.717) is 11.3 Å². The minimum atomic E-state index is -0.335. The molecule has 6 nitrogen and oxygen atoms in total. The Morgan fingerprint density at radius 3 is 2.54 bits per heavy atom. The number of thioether (sulfide) groups is 1. The standard InChI is InChI=1S/C28H26N4O2S/c33-26-17-21(27-23-12-6-5-9-20(23)13-14-24(27)34-26)19-35-28-30-29-25(18-31-15-7-2-8-16-31)32(28)22-10-3-1-4-11-22/h1,3-6,9-14,17H,2,7-8,15-16,18-19H2. The number of rotatable bonds is 6. The Morgan fingerprint density at radius 2 is 1.69 bits per heavy atom. The Bertz CT molecular complexity index is 1540. The van der Waals surface area contributed by atoms with Crippen molar-refractivity contribution in [2.24, 2.45) is 0 Å². The summed E-state index contributed by atoms with van der Waals surface area (Å²) in [4.78, 5) is 14.8. The van der Waals surface area contributed by atoms with Gasteiger partial charge in [-0.2, -0.15) is 0 Å². The smallest absolute Gasteiger partial charge is 0.336 e. The first kappa shape index (κ1) is 22.1. The molecule has 1 saturated heterocycles. The van der Waals surface area contributed by atoms with Gasteiger partial charge in [-0.1, -0.05) is 66.7 Å². The fraction of sp³-hybridized carbons (Fsp3) is 0.250. The Hall–Kier alpha value is -3.42. The van der Waals surface area contributed by atoms with Gasteiger partial charge in [-0.15, -0.1) is 10.2 Å². The topological polar surface area (TPSA) is 64.2 Å². The van der Waals surface area contributed by atoms with Crippen LogP contribution < -0.4 is 5.63 Å². The van der Waals surface area contributed by atoms with E-state index in [1.165, 1.54) is 19.3 Å². The summed E-state index contributed by atoms with van der Waals surface area (Å²) in [6, 6.07) is 24.0. The summed E-state index contributed by atoms with van der Waals surface area (Å²) in [7, 11) is 0. The first-order valence-electron chi connectivity index (χ1n) is 12.1. The molecular formula is C28H26N4O2S.